The van der Waals surface area contributed by atoms with Crippen molar-refractivity contribution in [2.45, 2.75) is 57.9 Å². The molecular weight excluding hydrogens is 813 g/mol. The van der Waals surface area contributed by atoms with E-state index in [4.69, 9.17) is 11.6 Å². The van der Waals surface area contributed by atoms with E-state index >= 15 is 0 Å². The van der Waals surface area contributed by atoms with E-state index in [9.17, 15) is 41.9 Å². The molecule has 8 rings (SSSR count). The minimum absolute atomic E-state index is 0.0322. The molecule has 0 spiro atoms. The number of imide groups is 1. The number of hydrogen-bond acceptors (Lipinski definition) is 11. The van der Waals surface area contributed by atoms with Crippen LogP contribution in [0.4, 0.5) is 30.5 Å². The highest BCUT2D eigenvalue weighted by Gasteiger charge is 2.40. The van der Waals surface area contributed by atoms with Crippen LogP contribution in [0.25, 0.3) is 10.9 Å². The van der Waals surface area contributed by atoms with Crippen molar-refractivity contribution < 1.29 is 32.3 Å². The van der Waals surface area contributed by atoms with Gasteiger partial charge in [-0.15, -0.1) is 5.10 Å². The number of fused-ring (bicyclic) bond motifs is 2. The second kappa shape index (κ2) is 15.9. The first-order chi connectivity index (χ1) is 28.7. The zero-order valence-corrected chi connectivity index (χ0v) is 32.2. The Kier molecular flexibility index (Phi) is 10.5. The maximum Gasteiger partial charge on any atom is 0.355 e. The summed E-state index contributed by atoms with van der Waals surface area (Å²) in [5, 5.41) is 21.1. The van der Waals surface area contributed by atoms with Crippen LogP contribution in [-0.2, 0) is 47.6 Å². The summed E-state index contributed by atoms with van der Waals surface area (Å²) >= 11 is 6.48. The predicted octanol–water partition coefficient (Wildman–Crippen LogP) is 2.97. The standard InChI is InChI=1S/C38H32ClF3N12O6/c1-50-14-20-11-30(24(39)12-29(20)48-50)44-36-46-37(59)54(38(60)53(36)15-19-10-26(41)27(42)13-25(19)40)17-21-16-51(49-47-21)9-3-6-32(55)43-28-5-2-4-22-23(28)18-52(35(22)58)31-7-8-33(56)45-34(31)57/h2,4-5,10-14,16,31H,3,6-9,15,17-18H2,1H3,(H,43,55)(H,44,46,59)(H,45,56,57). The summed E-state index contributed by atoms with van der Waals surface area (Å²) < 4.78 is 47.4. The lowest BCUT2D eigenvalue weighted by Crippen LogP contribution is -2.52. The van der Waals surface area contributed by atoms with E-state index in [-0.39, 0.29) is 72.9 Å². The molecule has 5 heterocycles. The maximum atomic E-state index is 14.9. The van der Waals surface area contributed by atoms with Gasteiger partial charge in [0, 0.05) is 73.0 Å². The minimum atomic E-state index is -1.43. The Balaban J connectivity index is 0.957. The Hall–Kier alpha value is -7.16. The molecule has 3 N–H and O–H groups in total. The lowest BCUT2D eigenvalue weighted by molar-refractivity contribution is -0.137. The molecule has 2 aliphatic heterocycles. The maximum absolute atomic E-state index is 14.9. The summed E-state index contributed by atoms with van der Waals surface area (Å²) in [4.78, 5) is 82.9. The predicted molar refractivity (Wildman–Crippen MR) is 207 cm³/mol. The van der Waals surface area contributed by atoms with Crippen molar-refractivity contribution in [2.24, 2.45) is 7.05 Å². The molecule has 4 amide bonds. The Labute approximate surface area is 340 Å². The van der Waals surface area contributed by atoms with Crippen molar-refractivity contribution in [3.05, 3.63) is 121 Å². The first-order valence-corrected chi connectivity index (χ1v) is 18.8. The molecule has 0 aliphatic carbocycles. The van der Waals surface area contributed by atoms with Gasteiger partial charge in [-0.3, -0.25) is 38.4 Å². The molecule has 1 unspecified atom stereocenters. The molecule has 1 fully saturated rings. The molecule has 60 heavy (non-hydrogen) atoms. The number of carbonyl (C=O) groups is 4. The van der Waals surface area contributed by atoms with E-state index in [1.54, 1.807) is 48.3 Å². The monoisotopic (exact) mass is 844 g/mol. The molecule has 3 aromatic heterocycles. The average molecular weight is 845 g/mol. The third-order valence-electron chi connectivity index (χ3n) is 10.1. The van der Waals surface area contributed by atoms with Gasteiger partial charge >= 0.3 is 11.4 Å². The second-order valence-corrected chi connectivity index (χ2v) is 14.6. The fraction of sp³-hybridized carbons (Fsp3) is 0.263. The van der Waals surface area contributed by atoms with E-state index in [0.29, 0.717) is 44.4 Å². The Morgan fingerprint density at radius 3 is 2.57 bits per heavy atom. The van der Waals surface area contributed by atoms with Gasteiger partial charge in [0.15, 0.2) is 11.6 Å². The first-order valence-electron chi connectivity index (χ1n) is 18.4. The Bertz CT molecular complexity index is 2890. The fourth-order valence-electron chi connectivity index (χ4n) is 7.14. The fourth-order valence-corrected chi connectivity index (χ4v) is 7.35. The molecule has 0 radical (unpaired) electrons. The van der Waals surface area contributed by atoms with Gasteiger partial charge in [-0.25, -0.2) is 27.3 Å². The third kappa shape index (κ3) is 7.85. The number of piperidine rings is 1. The lowest BCUT2D eigenvalue weighted by Gasteiger charge is -2.29. The molecule has 22 heteroatoms. The van der Waals surface area contributed by atoms with E-state index < -0.39 is 65.3 Å². The average Bonchev–Trinajstić information content (AvgIpc) is 3.90. The number of nitrogens with zero attached hydrogens (tertiary/aromatic N) is 9. The number of aromatic nitrogens is 8. The number of halogens is 4. The summed E-state index contributed by atoms with van der Waals surface area (Å²) in [7, 11) is 1.71. The number of carbonyl (C=O) groups excluding carboxylic acids is 4. The number of anilines is 3. The molecular formula is C38H32ClF3N12O6. The van der Waals surface area contributed by atoms with Gasteiger partial charge in [0.05, 0.1) is 35.5 Å². The van der Waals surface area contributed by atoms with Gasteiger partial charge in [-0.05, 0) is 43.2 Å². The molecule has 1 saturated heterocycles. The van der Waals surface area contributed by atoms with Crippen LogP contribution in [0.5, 0.6) is 0 Å². The molecule has 0 bridgehead atoms. The van der Waals surface area contributed by atoms with Crippen molar-refractivity contribution in [1.29, 1.82) is 0 Å². The van der Waals surface area contributed by atoms with Gasteiger partial charge < -0.3 is 15.5 Å². The largest absolute Gasteiger partial charge is 0.355 e. The number of hydrogen-bond donors (Lipinski definition) is 3. The van der Waals surface area contributed by atoms with Crippen molar-refractivity contribution in [1.82, 2.24) is 49.1 Å². The molecule has 1 atom stereocenters. The van der Waals surface area contributed by atoms with Crippen molar-refractivity contribution in [3.8, 4) is 0 Å². The number of amides is 4. The van der Waals surface area contributed by atoms with Crippen LogP contribution in [0, 0.1) is 17.5 Å². The van der Waals surface area contributed by atoms with E-state index in [0.717, 1.165) is 4.57 Å². The van der Waals surface area contributed by atoms with Gasteiger partial charge in [-0.1, -0.05) is 22.9 Å². The lowest BCUT2D eigenvalue weighted by atomic mass is 10.0. The number of rotatable bonds is 12. The zero-order valence-electron chi connectivity index (χ0n) is 31.4. The number of aryl methyl sites for hydroxylation is 2. The highest BCUT2D eigenvalue weighted by Crippen LogP contribution is 2.33. The Morgan fingerprint density at radius 1 is 0.967 bits per heavy atom. The van der Waals surface area contributed by atoms with Crippen LogP contribution in [0.3, 0.4) is 0 Å². The van der Waals surface area contributed by atoms with Gasteiger partial charge in [-0.2, -0.15) is 10.1 Å². The van der Waals surface area contributed by atoms with Crippen molar-refractivity contribution in [3.63, 3.8) is 0 Å². The zero-order chi connectivity index (χ0) is 42.4. The van der Waals surface area contributed by atoms with Crippen LogP contribution >= 0.6 is 11.6 Å². The van der Waals surface area contributed by atoms with Crippen molar-refractivity contribution >= 4 is 63.5 Å². The Morgan fingerprint density at radius 2 is 1.77 bits per heavy atom. The third-order valence-corrected chi connectivity index (χ3v) is 10.4. The first kappa shape index (κ1) is 39.7. The summed E-state index contributed by atoms with van der Waals surface area (Å²) in [5.74, 6) is -5.96. The summed E-state index contributed by atoms with van der Waals surface area (Å²) in [6.07, 6.45) is 3.79. The molecule has 0 saturated carbocycles. The van der Waals surface area contributed by atoms with Crippen LogP contribution in [-0.4, -0.2) is 73.5 Å². The summed E-state index contributed by atoms with van der Waals surface area (Å²) in [5.41, 5.74) is -0.178. The smallest absolute Gasteiger partial charge is 0.326 e. The molecule has 308 valence electrons. The highest BCUT2D eigenvalue weighted by atomic mass is 35.5. The molecule has 18 nitrogen and oxygen atoms in total. The SMILES string of the molecule is Cn1cc2cc(Nc3nc(=O)n(Cc4cn(CCCC(=O)Nc5cccc6c5CN(C5CCC(=O)NC5=O)C6=O)nn4)c(=O)n3Cc3cc(F)c(F)cc3F)c(Cl)cc2n1. The number of nitrogens with one attached hydrogen (secondary N) is 3. The quantitative estimate of drug-likeness (QED) is 0.120. The van der Waals surface area contributed by atoms with Gasteiger partial charge in [0.25, 0.3) is 5.91 Å². The topological polar surface area (TPSA) is 213 Å². The van der Waals surface area contributed by atoms with Crippen LogP contribution < -0.4 is 27.3 Å². The molecule has 3 aromatic carbocycles. The molecule has 2 aliphatic rings. The second-order valence-electron chi connectivity index (χ2n) is 14.2. The van der Waals surface area contributed by atoms with Crippen molar-refractivity contribution in [2.75, 3.05) is 10.6 Å². The van der Waals surface area contributed by atoms with E-state index in [2.05, 4.69) is 36.3 Å². The summed E-state index contributed by atoms with van der Waals surface area (Å²) in [6.45, 7) is -0.812. The number of benzene rings is 3. The van der Waals surface area contributed by atoms with Crippen LogP contribution in [0.2, 0.25) is 5.02 Å². The van der Waals surface area contributed by atoms with Crippen LogP contribution in [0.1, 0.15) is 52.9 Å². The van der Waals surface area contributed by atoms with Gasteiger partial charge in [0.1, 0.15) is 17.6 Å². The highest BCUT2D eigenvalue weighted by molar-refractivity contribution is 6.34. The van der Waals surface area contributed by atoms with Gasteiger partial charge in [0.2, 0.25) is 23.7 Å². The van der Waals surface area contributed by atoms with E-state index in [1.165, 1.54) is 15.8 Å². The minimum Gasteiger partial charge on any atom is -0.326 e. The molecule has 6 aromatic rings. The van der Waals surface area contributed by atoms with E-state index in [1.807, 2.05) is 0 Å². The van der Waals surface area contributed by atoms with Crippen LogP contribution in [0.15, 0.2) is 64.4 Å². The summed E-state index contributed by atoms with van der Waals surface area (Å²) in [6, 6.07) is 8.17. The normalized spacial score (nSPS) is 15.1.